The van der Waals surface area contributed by atoms with Crippen molar-refractivity contribution < 1.29 is 27.5 Å². The molecule has 0 saturated carbocycles. The second kappa shape index (κ2) is 7.73. The SMILES string of the molecule is CCC[C@H](/C=C/C(=O)OCC)NC(=O)C(F)(F)F. The van der Waals surface area contributed by atoms with E-state index in [4.69, 9.17) is 0 Å². The highest BCUT2D eigenvalue weighted by atomic mass is 19.4. The van der Waals surface area contributed by atoms with E-state index in [1.807, 2.05) is 0 Å². The number of carbonyl (C=O) groups is 2. The number of hydrogen-bond donors (Lipinski definition) is 1. The molecule has 0 bridgehead atoms. The Bertz CT molecular complexity index is 313. The third-order valence-electron chi connectivity index (χ3n) is 1.92. The van der Waals surface area contributed by atoms with Crippen molar-refractivity contribution in [1.82, 2.24) is 5.32 Å². The minimum atomic E-state index is -4.93. The van der Waals surface area contributed by atoms with E-state index in [0.29, 0.717) is 12.8 Å². The van der Waals surface area contributed by atoms with Crippen LogP contribution in [0.4, 0.5) is 13.2 Å². The molecule has 1 atom stereocenters. The molecule has 0 unspecified atom stereocenters. The number of halogens is 3. The largest absolute Gasteiger partial charge is 0.471 e. The van der Waals surface area contributed by atoms with Crippen LogP contribution in [0.3, 0.4) is 0 Å². The number of amides is 1. The fraction of sp³-hybridized carbons (Fsp3) is 0.636. The van der Waals surface area contributed by atoms with Gasteiger partial charge in [-0.2, -0.15) is 13.2 Å². The highest BCUT2D eigenvalue weighted by Crippen LogP contribution is 2.15. The van der Waals surface area contributed by atoms with Gasteiger partial charge in [-0.15, -0.1) is 0 Å². The number of esters is 1. The van der Waals surface area contributed by atoms with Crippen molar-refractivity contribution in [2.45, 2.75) is 38.9 Å². The lowest BCUT2D eigenvalue weighted by molar-refractivity contribution is -0.174. The number of ether oxygens (including phenoxy) is 1. The average Bonchev–Trinajstić information content (AvgIpc) is 2.25. The molecule has 7 heteroatoms. The Morgan fingerprint density at radius 1 is 1.33 bits per heavy atom. The van der Waals surface area contributed by atoms with Gasteiger partial charge in [0.2, 0.25) is 0 Å². The van der Waals surface area contributed by atoms with Gasteiger partial charge in [0.05, 0.1) is 6.61 Å². The molecule has 104 valence electrons. The maximum Gasteiger partial charge on any atom is 0.471 e. The maximum atomic E-state index is 12.0. The van der Waals surface area contributed by atoms with Crippen molar-refractivity contribution in [3.63, 3.8) is 0 Å². The van der Waals surface area contributed by atoms with E-state index in [2.05, 4.69) is 4.74 Å². The first kappa shape index (κ1) is 16.5. The summed E-state index contributed by atoms with van der Waals surface area (Å²) in [6.07, 6.45) is -1.84. The molecule has 0 aromatic rings. The van der Waals surface area contributed by atoms with E-state index < -0.39 is 24.1 Å². The van der Waals surface area contributed by atoms with Gasteiger partial charge >= 0.3 is 18.1 Å². The van der Waals surface area contributed by atoms with E-state index in [1.54, 1.807) is 19.2 Å². The predicted octanol–water partition coefficient (Wildman–Crippen LogP) is 1.95. The van der Waals surface area contributed by atoms with Gasteiger partial charge in [-0.05, 0) is 13.3 Å². The summed E-state index contributed by atoms with van der Waals surface area (Å²) < 4.78 is 40.7. The molecular formula is C11H16F3NO3. The number of rotatable bonds is 6. The van der Waals surface area contributed by atoms with Crippen LogP contribution in [0.1, 0.15) is 26.7 Å². The lowest BCUT2D eigenvalue weighted by Crippen LogP contribution is -2.42. The molecule has 1 N–H and O–H groups in total. The third-order valence-corrected chi connectivity index (χ3v) is 1.92. The molecule has 0 aliphatic rings. The van der Waals surface area contributed by atoms with Crippen molar-refractivity contribution in [1.29, 1.82) is 0 Å². The van der Waals surface area contributed by atoms with Crippen LogP contribution in [-0.4, -0.2) is 30.7 Å². The molecule has 1 amide bonds. The number of hydrogen-bond acceptors (Lipinski definition) is 3. The van der Waals surface area contributed by atoms with Crippen molar-refractivity contribution in [3.8, 4) is 0 Å². The summed E-state index contributed by atoms with van der Waals surface area (Å²) in [4.78, 5) is 21.7. The van der Waals surface area contributed by atoms with Crippen LogP contribution < -0.4 is 5.32 Å². The van der Waals surface area contributed by atoms with Crippen molar-refractivity contribution in [2.75, 3.05) is 6.61 Å². The Balaban J connectivity index is 4.48. The zero-order chi connectivity index (χ0) is 14.2. The van der Waals surface area contributed by atoms with Gasteiger partial charge in [0.15, 0.2) is 0 Å². The lowest BCUT2D eigenvalue weighted by Gasteiger charge is -2.15. The Kier molecular flexibility index (Phi) is 7.07. The summed E-state index contributed by atoms with van der Waals surface area (Å²) >= 11 is 0. The quantitative estimate of drug-likeness (QED) is 0.591. The van der Waals surface area contributed by atoms with E-state index in [0.717, 1.165) is 6.08 Å². The van der Waals surface area contributed by atoms with E-state index in [1.165, 1.54) is 6.08 Å². The molecule has 4 nitrogen and oxygen atoms in total. The van der Waals surface area contributed by atoms with Crippen molar-refractivity contribution >= 4 is 11.9 Å². The van der Waals surface area contributed by atoms with Gasteiger partial charge in [-0.3, -0.25) is 4.79 Å². The Labute approximate surface area is 103 Å². The normalized spacial score (nSPS) is 13.4. The number of carbonyl (C=O) groups excluding carboxylic acids is 2. The highest BCUT2D eigenvalue weighted by Gasteiger charge is 2.39. The van der Waals surface area contributed by atoms with Crippen LogP contribution in [0.5, 0.6) is 0 Å². The molecule has 0 aliphatic heterocycles. The van der Waals surface area contributed by atoms with Gasteiger partial charge in [-0.1, -0.05) is 19.4 Å². The summed E-state index contributed by atoms with van der Waals surface area (Å²) in [5.74, 6) is -2.67. The first-order valence-corrected chi connectivity index (χ1v) is 5.53. The summed E-state index contributed by atoms with van der Waals surface area (Å²) in [6, 6.07) is -0.839. The van der Waals surface area contributed by atoms with E-state index in [9.17, 15) is 22.8 Å². The standard InChI is InChI=1S/C11H16F3NO3/c1-3-5-8(6-7-9(16)18-4-2)15-10(17)11(12,13)14/h6-8H,3-5H2,1-2H3,(H,15,17)/b7-6+/t8-/m1/s1. The molecule has 0 radical (unpaired) electrons. The average molecular weight is 267 g/mol. The van der Waals surface area contributed by atoms with Crippen LogP contribution in [0.15, 0.2) is 12.2 Å². The maximum absolute atomic E-state index is 12.0. The molecule has 0 heterocycles. The summed E-state index contributed by atoms with van der Waals surface area (Å²) in [5, 5.41) is 1.80. The predicted molar refractivity (Wildman–Crippen MR) is 58.7 cm³/mol. The van der Waals surface area contributed by atoms with Crippen LogP contribution >= 0.6 is 0 Å². The van der Waals surface area contributed by atoms with E-state index in [-0.39, 0.29) is 6.61 Å². The summed E-state index contributed by atoms with van der Waals surface area (Å²) in [6.45, 7) is 3.54. The molecule has 0 aromatic heterocycles. The highest BCUT2D eigenvalue weighted by molar-refractivity contribution is 5.83. The van der Waals surface area contributed by atoms with E-state index >= 15 is 0 Å². The van der Waals surface area contributed by atoms with Crippen molar-refractivity contribution in [3.05, 3.63) is 12.2 Å². The summed E-state index contributed by atoms with van der Waals surface area (Å²) in [5.41, 5.74) is 0. The van der Waals surface area contributed by atoms with Gasteiger partial charge in [0.25, 0.3) is 0 Å². The van der Waals surface area contributed by atoms with Gasteiger partial charge < -0.3 is 10.1 Å². The number of nitrogens with one attached hydrogen (secondary N) is 1. The van der Waals surface area contributed by atoms with Crippen molar-refractivity contribution in [2.24, 2.45) is 0 Å². The second-order valence-corrected chi connectivity index (χ2v) is 3.48. The molecule has 0 rings (SSSR count). The van der Waals surface area contributed by atoms with Gasteiger partial charge in [0, 0.05) is 12.1 Å². The molecule has 0 fully saturated rings. The van der Waals surface area contributed by atoms with Gasteiger partial charge in [0.1, 0.15) is 0 Å². The molecule has 0 spiro atoms. The zero-order valence-electron chi connectivity index (χ0n) is 10.2. The van der Waals surface area contributed by atoms with Gasteiger partial charge in [-0.25, -0.2) is 4.79 Å². The Morgan fingerprint density at radius 3 is 2.39 bits per heavy atom. The summed E-state index contributed by atoms with van der Waals surface area (Å²) in [7, 11) is 0. The fourth-order valence-corrected chi connectivity index (χ4v) is 1.16. The number of alkyl halides is 3. The first-order chi connectivity index (χ1) is 8.31. The first-order valence-electron chi connectivity index (χ1n) is 5.53. The minimum Gasteiger partial charge on any atom is -0.463 e. The Hall–Kier alpha value is -1.53. The Morgan fingerprint density at radius 2 is 1.94 bits per heavy atom. The zero-order valence-corrected chi connectivity index (χ0v) is 10.2. The van der Waals surface area contributed by atoms with Crippen LogP contribution in [0.25, 0.3) is 0 Å². The van der Waals surface area contributed by atoms with Crippen LogP contribution in [0.2, 0.25) is 0 Å². The monoisotopic (exact) mass is 267 g/mol. The molecule has 0 saturated heterocycles. The molecule has 0 aliphatic carbocycles. The van der Waals surface area contributed by atoms with Crippen LogP contribution in [0, 0.1) is 0 Å². The fourth-order valence-electron chi connectivity index (χ4n) is 1.16. The molecule has 18 heavy (non-hydrogen) atoms. The minimum absolute atomic E-state index is 0.177. The second-order valence-electron chi connectivity index (χ2n) is 3.48. The smallest absolute Gasteiger partial charge is 0.463 e. The third kappa shape index (κ3) is 6.93. The topological polar surface area (TPSA) is 55.4 Å². The molecule has 0 aromatic carbocycles. The van der Waals surface area contributed by atoms with Crippen LogP contribution in [-0.2, 0) is 14.3 Å². The lowest BCUT2D eigenvalue weighted by atomic mass is 10.1. The molecular weight excluding hydrogens is 251 g/mol.